The van der Waals surface area contributed by atoms with Crippen molar-refractivity contribution in [3.8, 4) is 5.75 Å². The van der Waals surface area contributed by atoms with Crippen LogP contribution in [-0.4, -0.2) is 69.6 Å². The molecule has 2 bridgehead atoms. The van der Waals surface area contributed by atoms with Crippen molar-refractivity contribution >= 4 is 39.5 Å². The lowest BCUT2D eigenvalue weighted by atomic mass is 9.64. The van der Waals surface area contributed by atoms with Gasteiger partial charge >= 0.3 is 0 Å². The van der Waals surface area contributed by atoms with Crippen LogP contribution in [0.4, 0.5) is 5.69 Å². The number of allylic oxidation sites excluding steroid dienone is 1. The molecule has 1 fully saturated rings. The number of aryl methyl sites for hydroxylation is 1. The summed E-state index contributed by atoms with van der Waals surface area (Å²) in [7, 11) is -1.01. The second-order valence-corrected chi connectivity index (χ2v) is 15.9. The van der Waals surface area contributed by atoms with E-state index in [1.807, 2.05) is 25.1 Å². The van der Waals surface area contributed by atoms with Gasteiger partial charge in [-0.2, -0.15) is 0 Å². The number of hydrogen-bond acceptors (Lipinski definition) is 7. The van der Waals surface area contributed by atoms with Crippen LogP contribution in [0.2, 0.25) is 5.02 Å². The molecule has 45 heavy (non-hydrogen) atoms. The summed E-state index contributed by atoms with van der Waals surface area (Å²) >= 11 is 6.42. The Bertz CT molecular complexity index is 1610. The van der Waals surface area contributed by atoms with Crippen LogP contribution >= 0.6 is 11.6 Å². The minimum absolute atomic E-state index is 0.0353. The van der Waals surface area contributed by atoms with Gasteiger partial charge in [0.1, 0.15) is 11.4 Å². The zero-order valence-electron chi connectivity index (χ0n) is 26.3. The third-order valence-corrected chi connectivity index (χ3v) is 13.4. The first-order valence-electron chi connectivity index (χ1n) is 16.1. The molecule has 1 spiro atoms. The summed E-state index contributed by atoms with van der Waals surface area (Å²) in [6, 6.07) is 11.4. The predicted octanol–water partition coefficient (Wildman–Crippen LogP) is 5.95. The molecule has 1 amide bonds. The van der Waals surface area contributed by atoms with E-state index in [0.29, 0.717) is 50.3 Å². The number of fused-ring (bicyclic) bond motifs is 4. The normalized spacial score (nSPS) is 32.0. The number of sulfonamides is 1. The number of amides is 1. The van der Waals surface area contributed by atoms with Crippen molar-refractivity contribution in [3.05, 3.63) is 70.3 Å². The van der Waals surface area contributed by atoms with Gasteiger partial charge in [-0.25, -0.2) is 12.7 Å². The van der Waals surface area contributed by atoms with E-state index in [-0.39, 0.29) is 17.3 Å². The summed E-state index contributed by atoms with van der Waals surface area (Å²) in [6.07, 6.45) is 10.4. The average Bonchev–Trinajstić information content (AvgIpc) is 3.17. The second kappa shape index (κ2) is 12.4. The van der Waals surface area contributed by atoms with Gasteiger partial charge in [0.05, 0.1) is 17.5 Å². The van der Waals surface area contributed by atoms with Crippen LogP contribution in [0, 0.1) is 11.8 Å². The summed E-state index contributed by atoms with van der Waals surface area (Å²) in [4.78, 5) is 28.8. The average molecular weight is 655 g/mol. The monoisotopic (exact) mass is 654 g/mol. The van der Waals surface area contributed by atoms with Crippen molar-refractivity contribution < 1.29 is 27.5 Å². The molecule has 4 aliphatic rings. The maximum absolute atomic E-state index is 13.8. The lowest BCUT2D eigenvalue weighted by Crippen LogP contribution is -2.53. The molecule has 2 aromatic rings. The SMILES string of the molecule is CC[C@@H]1CC/C=C/[C@@](C=O)(OC)[C@@H]2CC[C@H]2CN2C[C@@]3(CCCc4cc(Cl)ccc43)COc3ccc(cc32)C(=O)N(C)S1(=O)=O. The van der Waals surface area contributed by atoms with Crippen LogP contribution in [0.1, 0.15) is 73.4 Å². The highest BCUT2D eigenvalue weighted by Gasteiger charge is 2.49. The number of carbonyl (C=O) groups is 2. The van der Waals surface area contributed by atoms with E-state index in [4.69, 9.17) is 21.1 Å². The Morgan fingerprint density at radius 1 is 1.16 bits per heavy atom. The highest BCUT2D eigenvalue weighted by atomic mass is 35.5. The third kappa shape index (κ3) is 5.59. The largest absolute Gasteiger partial charge is 0.490 e. The molecule has 2 aliphatic carbocycles. The number of ether oxygens (including phenoxy) is 2. The number of carbonyl (C=O) groups excluding carboxylic acids is 2. The topological polar surface area (TPSA) is 93.2 Å². The van der Waals surface area contributed by atoms with E-state index in [9.17, 15) is 18.0 Å². The summed E-state index contributed by atoms with van der Waals surface area (Å²) in [5.41, 5.74) is 2.13. The first-order chi connectivity index (χ1) is 21.6. The molecule has 2 heterocycles. The minimum Gasteiger partial charge on any atom is -0.490 e. The number of hydrogen-bond donors (Lipinski definition) is 0. The van der Waals surface area contributed by atoms with Gasteiger partial charge in [-0.3, -0.25) is 9.59 Å². The molecule has 1 saturated carbocycles. The van der Waals surface area contributed by atoms with Crippen molar-refractivity contribution in [1.82, 2.24) is 4.31 Å². The van der Waals surface area contributed by atoms with E-state index in [1.54, 1.807) is 25.3 Å². The van der Waals surface area contributed by atoms with Gasteiger partial charge in [-0.1, -0.05) is 30.7 Å². The highest BCUT2D eigenvalue weighted by molar-refractivity contribution is 7.90. The number of rotatable bonds is 3. The smallest absolute Gasteiger partial charge is 0.267 e. The van der Waals surface area contributed by atoms with E-state index < -0.39 is 26.8 Å². The van der Waals surface area contributed by atoms with Crippen LogP contribution in [0.25, 0.3) is 0 Å². The Hall–Kier alpha value is -2.88. The van der Waals surface area contributed by atoms with Gasteiger partial charge in [0.2, 0.25) is 10.0 Å². The zero-order valence-corrected chi connectivity index (χ0v) is 27.9. The Kier molecular flexibility index (Phi) is 8.82. The van der Waals surface area contributed by atoms with Gasteiger partial charge in [-0.15, -0.1) is 0 Å². The van der Waals surface area contributed by atoms with Crippen LogP contribution in [0.5, 0.6) is 5.75 Å². The van der Waals surface area contributed by atoms with E-state index in [2.05, 4.69) is 17.0 Å². The molecule has 5 atom stereocenters. The maximum atomic E-state index is 13.8. The zero-order chi connectivity index (χ0) is 32.0. The quantitative estimate of drug-likeness (QED) is 0.298. The molecule has 0 N–H and O–H groups in total. The van der Waals surface area contributed by atoms with Gasteiger partial charge in [0, 0.05) is 49.2 Å². The van der Waals surface area contributed by atoms with Crippen molar-refractivity contribution in [1.29, 1.82) is 0 Å². The maximum Gasteiger partial charge on any atom is 0.267 e. The Labute approximate surface area is 271 Å². The van der Waals surface area contributed by atoms with Crippen molar-refractivity contribution in [2.45, 2.75) is 74.6 Å². The first kappa shape index (κ1) is 32.1. The lowest BCUT2D eigenvalue weighted by molar-refractivity contribution is -0.135. The molecule has 2 aromatic carbocycles. The standard InChI is InChI=1S/C35H43ClN2O6S/c1-4-28-9-5-6-17-35(22-39,43-3)30-13-10-26(30)20-38-21-34(16-7-8-24-18-27(36)12-14-29(24)34)23-44-32-15-11-25(19-31(32)38)33(40)37(2)45(28,41)42/h6,11-12,14-15,17-19,22,26,28,30H,4-5,7-10,13,16,20-21,23H2,1-3H3/b17-6+/t26-,28+,30+,34-,35-/m0/s1. The van der Waals surface area contributed by atoms with Gasteiger partial charge in [0.15, 0.2) is 6.29 Å². The molecule has 242 valence electrons. The van der Waals surface area contributed by atoms with Crippen LogP contribution in [-0.2, 0) is 31.4 Å². The lowest BCUT2D eigenvalue weighted by Gasteiger charge is -2.48. The molecule has 8 nitrogen and oxygen atoms in total. The van der Waals surface area contributed by atoms with Crippen molar-refractivity contribution in [2.24, 2.45) is 11.8 Å². The molecule has 0 radical (unpaired) electrons. The van der Waals surface area contributed by atoms with Gasteiger partial charge in [0.25, 0.3) is 5.91 Å². The number of benzene rings is 2. The third-order valence-electron chi connectivity index (χ3n) is 10.9. The van der Waals surface area contributed by atoms with Crippen molar-refractivity contribution in [3.63, 3.8) is 0 Å². The van der Waals surface area contributed by atoms with Gasteiger partial charge in [-0.05, 0) is 105 Å². The molecule has 10 heteroatoms. The summed E-state index contributed by atoms with van der Waals surface area (Å²) < 4.78 is 40.8. The highest BCUT2D eigenvalue weighted by Crippen LogP contribution is 2.48. The van der Waals surface area contributed by atoms with Crippen LogP contribution < -0.4 is 9.64 Å². The number of methoxy groups -OCH3 is 1. The first-order valence-corrected chi connectivity index (χ1v) is 18.0. The summed E-state index contributed by atoms with van der Waals surface area (Å²) in [5.74, 6) is 0.227. The molecule has 0 unspecified atom stereocenters. The molecule has 6 rings (SSSR count). The summed E-state index contributed by atoms with van der Waals surface area (Å²) in [6.45, 7) is 3.58. The molecule has 0 aromatic heterocycles. The summed E-state index contributed by atoms with van der Waals surface area (Å²) in [5, 5.41) is -0.0228. The Morgan fingerprint density at radius 3 is 2.69 bits per heavy atom. The fraction of sp³-hybridized carbons (Fsp3) is 0.543. The molecule has 2 aliphatic heterocycles. The number of aldehydes is 1. The Balaban J connectivity index is 1.48. The number of halogens is 1. The van der Waals surface area contributed by atoms with Crippen LogP contribution in [0.15, 0.2) is 48.6 Å². The fourth-order valence-electron chi connectivity index (χ4n) is 8.06. The van der Waals surface area contributed by atoms with E-state index in [0.717, 1.165) is 53.4 Å². The molecular formula is C35H43ClN2O6S. The minimum atomic E-state index is -3.93. The number of nitrogens with zero attached hydrogens (tertiary/aromatic N) is 2. The van der Waals surface area contributed by atoms with E-state index in [1.165, 1.54) is 18.2 Å². The van der Waals surface area contributed by atoms with E-state index >= 15 is 0 Å². The van der Waals surface area contributed by atoms with Crippen LogP contribution in [0.3, 0.4) is 0 Å². The predicted molar refractivity (Wildman–Crippen MR) is 176 cm³/mol. The second-order valence-electron chi connectivity index (χ2n) is 13.2. The fourth-order valence-corrected chi connectivity index (χ4v) is 9.90. The van der Waals surface area contributed by atoms with Gasteiger partial charge < -0.3 is 14.4 Å². The molecular weight excluding hydrogens is 612 g/mol. The Morgan fingerprint density at radius 2 is 1.98 bits per heavy atom. The molecule has 0 saturated heterocycles. The number of anilines is 1. The van der Waals surface area contributed by atoms with Crippen molar-refractivity contribution in [2.75, 3.05) is 38.8 Å².